The van der Waals surface area contributed by atoms with Gasteiger partial charge in [-0.05, 0) is 48.5 Å². The van der Waals surface area contributed by atoms with Gasteiger partial charge in [0.25, 0.3) is 0 Å². The highest BCUT2D eigenvalue weighted by molar-refractivity contribution is 5.89. The molecule has 0 aliphatic carbocycles. The number of imide groups is 1. The summed E-state index contributed by atoms with van der Waals surface area (Å²) >= 11 is 0. The number of hydrogen-bond donors (Lipinski definition) is 1. The largest absolute Gasteiger partial charge is 0.481 e. The first-order valence-electron chi connectivity index (χ1n) is 6.70. The molecular formula is C14H25NO6. The van der Waals surface area contributed by atoms with Gasteiger partial charge in [-0.15, -0.1) is 0 Å². The average Bonchev–Trinajstić information content (AvgIpc) is 2.08. The van der Waals surface area contributed by atoms with Crippen molar-refractivity contribution in [1.82, 2.24) is 4.90 Å². The molecule has 2 amide bonds. The van der Waals surface area contributed by atoms with Gasteiger partial charge in [0, 0.05) is 0 Å². The predicted molar refractivity (Wildman–Crippen MR) is 76.0 cm³/mol. The second-order valence-electron chi connectivity index (χ2n) is 6.78. The predicted octanol–water partition coefficient (Wildman–Crippen LogP) is 3.02. The van der Waals surface area contributed by atoms with Gasteiger partial charge in [-0.2, -0.15) is 0 Å². The van der Waals surface area contributed by atoms with Gasteiger partial charge in [0.1, 0.15) is 11.2 Å². The van der Waals surface area contributed by atoms with Gasteiger partial charge in [-0.1, -0.05) is 0 Å². The van der Waals surface area contributed by atoms with Crippen molar-refractivity contribution >= 4 is 18.2 Å². The number of aliphatic carboxylic acids is 1. The van der Waals surface area contributed by atoms with Crippen LogP contribution in [0.3, 0.4) is 0 Å². The van der Waals surface area contributed by atoms with Crippen LogP contribution in [0, 0.1) is 0 Å². The molecule has 0 unspecified atom stereocenters. The molecule has 0 bridgehead atoms. The van der Waals surface area contributed by atoms with E-state index in [1.807, 2.05) is 0 Å². The van der Waals surface area contributed by atoms with E-state index in [0.717, 1.165) is 0 Å². The lowest BCUT2D eigenvalue weighted by Crippen LogP contribution is -2.48. The number of nitrogens with zero attached hydrogens (tertiary/aromatic N) is 1. The van der Waals surface area contributed by atoms with Crippen LogP contribution in [0.2, 0.25) is 0 Å². The normalized spacial score (nSPS) is 13.3. The highest BCUT2D eigenvalue weighted by Crippen LogP contribution is 2.17. The monoisotopic (exact) mass is 303 g/mol. The van der Waals surface area contributed by atoms with E-state index in [0.29, 0.717) is 4.90 Å². The minimum Gasteiger partial charge on any atom is -0.481 e. The van der Waals surface area contributed by atoms with E-state index in [9.17, 15) is 14.4 Å². The van der Waals surface area contributed by atoms with Crippen LogP contribution in [0.15, 0.2) is 0 Å². The van der Waals surface area contributed by atoms with Gasteiger partial charge in [0.05, 0.1) is 12.5 Å². The van der Waals surface area contributed by atoms with Crippen LogP contribution in [0.1, 0.15) is 54.9 Å². The van der Waals surface area contributed by atoms with Gasteiger partial charge in [0.15, 0.2) is 0 Å². The summed E-state index contributed by atoms with van der Waals surface area (Å²) < 4.78 is 10.3. The molecule has 0 aromatic rings. The Bertz CT molecular complexity index is 377. The topological polar surface area (TPSA) is 93.1 Å². The van der Waals surface area contributed by atoms with Crippen molar-refractivity contribution in [1.29, 1.82) is 0 Å². The molecule has 7 nitrogen and oxygen atoms in total. The number of carboxylic acids is 1. The molecule has 0 aromatic heterocycles. The summed E-state index contributed by atoms with van der Waals surface area (Å²) in [7, 11) is 0. The van der Waals surface area contributed by atoms with Crippen LogP contribution < -0.4 is 0 Å². The Labute approximate surface area is 125 Å². The molecule has 1 atom stereocenters. The van der Waals surface area contributed by atoms with Crippen LogP contribution in [0.25, 0.3) is 0 Å². The van der Waals surface area contributed by atoms with E-state index in [-0.39, 0.29) is 0 Å². The molecule has 0 heterocycles. The van der Waals surface area contributed by atoms with E-state index in [2.05, 4.69) is 0 Å². The fourth-order valence-electron chi connectivity index (χ4n) is 1.40. The van der Waals surface area contributed by atoms with Crippen molar-refractivity contribution in [3.8, 4) is 0 Å². The van der Waals surface area contributed by atoms with E-state index in [4.69, 9.17) is 14.6 Å². The maximum absolute atomic E-state index is 12.1. The summed E-state index contributed by atoms with van der Waals surface area (Å²) in [6.45, 7) is 11.4. The van der Waals surface area contributed by atoms with Crippen LogP contribution >= 0.6 is 0 Å². The average molecular weight is 303 g/mol. The van der Waals surface area contributed by atoms with Crippen molar-refractivity contribution in [3.63, 3.8) is 0 Å². The number of carbonyl (C=O) groups excluding carboxylic acids is 2. The standard InChI is InChI=1S/C14H25NO6/c1-9(8-10(16)17)15(11(18)20-13(2,3)4)12(19)21-14(5,6)7/h9H,8H2,1-7H3,(H,16,17)/t9-/m0/s1. The Morgan fingerprint density at radius 1 is 0.952 bits per heavy atom. The quantitative estimate of drug-likeness (QED) is 0.861. The van der Waals surface area contributed by atoms with Crippen LogP contribution in [-0.4, -0.2) is 45.4 Å². The summed E-state index contributed by atoms with van der Waals surface area (Å²) in [5, 5.41) is 8.83. The first-order chi connectivity index (χ1) is 9.23. The molecule has 0 rings (SSSR count). The van der Waals surface area contributed by atoms with E-state index < -0.39 is 41.8 Å². The Morgan fingerprint density at radius 2 is 1.29 bits per heavy atom. The van der Waals surface area contributed by atoms with Crippen LogP contribution in [-0.2, 0) is 14.3 Å². The maximum Gasteiger partial charge on any atom is 0.420 e. The maximum atomic E-state index is 12.1. The second-order valence-corrected chi connectivity index (χ2v) is 6.78. The third-order valence-electron chi connectivity index (χ3n) is 2.09. The zero-order valence-corrected chi connectivity index (χ0v) is 13.7. The molecule has 21 heavy (non-hydrogen) atoms. The number of ether oxygens (including phenoxy) is 2. The summed E-state index contributed by atoms with van der Waals surface area (Å²) in [6.07, 6.45) is -2.24. The molecule has 0 saturated heterocycles. The molecule has 0 radical (unpaired) electrons. The summed E-state index contributed by atoms with van der Waals surface area (Å²) in [5.74, 6) is -1.13. The van der Waals surface area contributed by atoms with Crippen molar-refractivity contribution in [2.24, 2.45) is 0 Å². The summed E-state index contributed by atoms with van der Waals surface area (Å²) in [6, 6.07) is -0.882. The van der Waals surface area contributed by atoms with Gasteiger partial charge in [0.2, 0.25) is 0 Å². The van der Waals surface area contributed by atoms with Crippen molar-refractivity contribution < 1.29 is 29.0 Å². The number of hydrogen-bond acceptors (Lipinski definition) is 5. The molecule has 122 valence electrons. The minimum atomic E-state index is -1.13. The number of carboxylic acid groups (broad SMARTS) is 1. The summed E-state index contributed by atoms with van der Waals surface area (Å²) in [5.41, 5.74) is -1.61. The Kier molecular flexibility index (Phi) is 6.20. The fourth-order valence-corrected chi connectivity index (χ4v) is 1.40. The number of amides is 2. The van der Waals surface area contributed by atoms with Gasteiger partial charge < -0.3 is 14.6 Å². The Morgan fingerprint density at radius 3 is 1.52 bits per heavy atom. The number of rotatable bonds is 3. The third kappa shape index (κ3) is 8.16. The molecule has 1 N–H and O–H groups in total. The molecule has 0 aliphatic rings. The molecule has 0 aromatic carbocycles. The van der Waals surface area contributed by atoms with Crippen LogP contribution in [0.5, 0.6) is 0 Å². The molecule has 0 saturated carbocycles. The zero-order valence-electron chi connectivity index (χ0n) is 13.7. The summed E-state index contributed by atoms with van der Waals surface area (Å²) in [4.78, 5) is 35.7. The van der Waals surface area contributed by atoms with E-state index in [1.54, 1.807) is 41.5 Å². The Balaban J connectivity index is 5.22. The lowest BCUT2D eigenvalue weighted by molar-refractivity contribution is -0.138. The van der Waals surface area contributed by atoms with E-state index in [1.165, 1.54) is 6.92 Å². The third-order valence-corrected chi connectivity index (χ3v) is 2.09. The van der Waals surface area contributed by atoms with Gasteiger partial charge >= 0.3 is 18.2 Å². The van der Waals surface area contributed by atoms with Crippen molar-refractivity contribution in [2.45, 2.75) is 72.1 Å². The highest BCUT2D eigenvalue weighted by Gasteiger charge is 2.35. The van der Waals surface area contributed by atoms with E-state index >= 15 is 0 Å². The molecule has 7 heteroatoms. The smallest absolute Gasteiger partial charge is 0.420 e. The van der Waals surface area contributed by atoms with Crippen molar-refractivity contribution in [2.75, 3.05) is 0 Å². The molecule has 0 spiro atoms. The fraction of sp³-hybridized carbons (Fsp3) is 0.786. The van der Waals surface area contributed by atoms with Gasteiger partial charge in [-0.25, -0.2) is 14.5 Å². The SMILES string of the molecule is C[C@@H](CC(=O)O)N(C(=O)OC(C)(C)C)C(=O)OC(C)(C)C. The number of carbonyl (C=O) groups is 3. The zero-order chi connectivity index (χ0) is 17.0. The molecular weight excluding hydrogens is 278 g/mol. The second kappa shape index (κ2) is 6.78. The lowest BCUT2D eigenvalue weighted by Gasteiger charge is -2.31. The first kappa shape index (κ1) is 19.2. The molecule has 0 aliphatic heterocycles. The minimum absolute atomic E-state index is 0.390. The first-order valence-corrected chi connectivity index (χ1v) is 6.70. The van der Waals surface area contributed by atoms with Crippen LogP contribution in [0.4, 0.5) is 9.59 Å². The highest BCUT2D eigenvalue weighted by atomic mass is 16.6. The van der Waals surface area contributed by atoms with Gasteiger partial charge in [-0.3, -0.25) is 4.79 Å². The Hall–Kier alpha value is -1.79. The molecule has 0 fully saturated rings. The lowest BCUT2D eigenvalue weighted by atomic mass is 10.2. The van der Waals surface area contributed by atoms with Crippen molar-refractivity contribution in [3.05, 3.63) is 0 Å².